The van der Waals surface area contributed by atoms with Crippen molar-refractivity contribution in [1.82, 2.24) is 5.32 Å². The van der Waals surface area contributed by atoms with Crippen LogP contribution < -0.4 is 10.6 Å². The number of nitrogens with zero attached hydrogens (tertiary/aromatic N) is 1. The first-order valence-corrected chi connectivity index (χ1v) is 8.03. The number of nitro benzene ring substituents is 1. The summed E-state index contributed by atoms with van der Waals surface area (Å²) in [5, 5.41) is 25.8. The molecule has 0 aromatic heterocycles. The second kappa shape index (κ2) is 9.39. The third-order valence-electron chi connectivity index (χ3n) is 3.75. The molecule has 7 nitrogen and oxygen atoms in total. The topological polar surface area (TPSA) is 104 Å². The van der Waals surface area contributed by atoms with Crippen molar-refractivity contribution in [2.75, 3.05) is 11.9 Å². The average molecular weight is 343 g/mol. The van der Waals surface area contributed by atoms with Gasteiger partial charge in [-0.15, -0.1) is 0 Å². The molecule has 0 fully saturated rings. The van der Waals surface area contributed by atoms with Crippen LogP contribution in [0.2, 0.25) is 0 Å². The third kappa shape index (κ3) is 5.89. The molecule has 0 spiro atoms. The van der Waals surface area contributed by atoms with Crippen LogP contribution in [0.1, 0.15) is 24.0 Å². The summed E-state index contributed by atoms with van der Waals surface area (Å²) in [6.45, 7) is 0.939. The maximum absolute atomic E-state index is 11.9. The maximum Gasteiger partial charge on any atom is 0.269 e. The fourth-order valence-electron chi connectivity index (χ4n) is 2.35. The Morgan fingerprint density at radius 3 is 2.40 bits per heavy atom. The Morgan fingerprint density at radius 1 is 1.08 bits per heavy atom. The number of benzene rings is 2. The van der Waals surface area contributed by atoms with Gasteiger partial charge in [-0.1, -0.05) is 24.3 Å². The van der Waals surface area contributed by atoms with Gasteiger partial charge in [-0.05, 0) is 29.7 Å². The van der Waals surface area contributed by atoms with Crippen molar-refractivity contribution in [3.8, 4) is 0 Å². The van der Waals surface area contributed by atoms with Crippen LogP contribution in [0.25, 0.3) is 0 Å². The molecule has 25 heavy (non-hydrogen) atoms. The average Bonchev–Trinajstić information content (AvgIpc) is 2.64. The second-order valence-corrected chi connectivity index (χ2v) is 5.54. The van der Waals surface area contributed by atoms with Gasteiger partial charge in [-0.2, -0.15) is 0 Å². The van der Waals surface area contributed by atoms with Crippen LogP contribution in [0.5, 0.6) is 0 Å². The summed E-state index contributed by atoms with van der Waals surface area (Å²) >= 11 is 0. The number of aliphatic hydroxyl groups excluding tert-OH is 1. The van der Waals surface area contributed by atoms with Gasteiger partial charge in [-0.3, -0.25) is 14.9 Å². The number of anilines is 1. The van der Waals surface area contributed by atoms with Crippen molar-refractivity contribution in [2.24, 2.45) is 0 Å². The van der Waals surface area contributed by atoms with Crippen LogP contribution in [-0.2, 0) is 17.9 Å². The molecule has 0 atom stereocenters. The Morgan fingerprint density at radius 2 is 1.76 bits per heavy atom. The van der Waals surface area contributed by atoms with E-state index in [0.29, 0.717) is 25.9 Å². The number of carbonyl (C=O) groups excluding carboxylic acids is 1. The number of aliphatic hydroxyl groups is 1. The molecule has 1 amide bonds. The molecule has 0 bridgehead atoms. The zero-order chi connectivity index (χ0) is 18.1. The molecule has 3 N–H and O–H groups in total. The van der Waals surface area contributed by atoms with E-state index >= 15 is 0 Å². The van der Waals surface area contributed by atoms with E-state index in [9.17, 15) is 20.0 Å². The zero-order valence-corrected chi connectivity index (χ0v) is 13.8. The van der Waals surface area contributed by atoms with E-state index < -0.39 is 4.92 Å². The highest BCUT2D eigenvalue weighted by atomic mass is 16.6. The van der Waals surface area contributed by atoms with Crippen molar-refractivity contribution in [3.05, 3.63) is 69.8 Å². The number of amides is 1. The summed E-state index contributed by atoms with van der Waals surface area (Å²) in [5.41, 5.74) is 2.54. The molecule has 7 heteroatoms. The summed E-state index contributed by atoms with van der Waals surface area (Å²) in [6, 6.07) is 13.6. The minimum atomic E-state index is -0.441. The maximum atomic E-state index is 11.9. The Bertz CT molecular complexity index is 717. The van der Waals surface area contributed by atoms with Gasteiger partial charge in [0.05, 0.1) is 11.5 Å². The number of hydrogen-bond donors (Lipinski definition) is 3. The van der Waals surface area contributed by atoms with E-state index in [4.69, 9.17) is 0 Å². The molecule has 0 saturated heterocycles. The van der Waals surface area contributed by atoms with E-state index in [1.165, 1.54) is 12.1 Å². The third-order valence-corrected chi connectivity index (χ3v) is 3.75. The van der Waals surface area contributed by atoms with Crippen molar-refractivity contribution in [3.63, 3.8) is 0 Å². The summed E-state index contributed by atoms with van der Waals surface area (Å²) in [7, 11) is 0. The van der Waals surface area contributed by atoms with E-state index in [1.54, 1.807) is 12.1 Å². The highest BCUT2D eigenvalue weighted by Crippen LogP contribution is 2.15. The predicted molar refractivity (Wildman–Crippen MR) is 95.0 cm³/mol. The van der Waals surface area contributed by atoms with Crippen molar-refractivity contribution in [2.45, 2.75) is 26.0 Å². The predicted octanol–water partition coefficient (Wildman–Crippen LogP) is 2.60. The van der Waals surface area contributed by atoms with E-state index in [-0.39, 0.29) is 18.2 Å². The monoisotopic (exact) mass is 343 g/mol. The molecular formula is C18H21N3O4. The first-order chi connectivity index (χ1) is 12.1. The fourth-order valence-corrected chi connectivity index (χ4v) is 2.35. The van der Waals surface area contributed by atoms with Crippen LogP contribution in [0.3, 0.4) is 0 Å². The van der Waals surface area contributed by atoms with E-state index in [2.05, 4.69) is 10.6 Å². The SMILES string of the molecule is O=C(CCCNc1ccc([N+](=O)[O-])cc1)NCc1ccccc1CO. The molecule has 2 aromatic carbocycles. The lowest BCUT2D eigenvalue weighted by Gasteiger charge is -2.09. The second-order valence-electron chi connectivity index (χ2n) is 5.54. The van der Waals surface area contributed by atoms with Gasteiger partial charge in [0.2, 0.25) is 5.91 Å². The highest BCUT2D eigenvalue weighted by molar-refractivity contribution is 5.75. The van der Waals surface area contributed by atoms with Crippen LogP contribution >= 0.6 is 0 Å². The molecule has 0 heterocycles. The van der Waals surface area contributed by atoms with Crippen LogP contribution in [-0.4, -0.2) is 22.5 Å². The first-order valence-electron chi connectivity index (χ1n) is 8.03. The normalized spacial score (nSPS) is 10.3. The van der Waals surface area contributed by atoms with Crippen LogP contribution in [0.4, 0.5) is 11.4 Å². The van der Waals surface area contributed by atoms with Crippen LogP contribution in [0, 0.1) is 10.1 Å². The number of non-ortho nitro benzene ring substituents is 1. The molecular weight excluding hydrogens is 322 g/mol. The van der Waals surface area contributed by atoms with Crippen LogP contribution in [0.15, 0.2) is 48.5 Å². The Kier molecular flexibility index (Phi) is 6.91. The molecule has 0 aliphatic heterocycles. The van der Waals surface area contributed by atoms with Gasteiger partial charge in [0.1, 0.15) is 0 Å². The minimum Gasteiger partial charge on any atom is -0.392 e. The molecule has 0 aliphatic carbocycles. The molecule has 132 valence electrons. The zero-order valence-electron chi connectivity index (χ0n) is 13.8. The molecule has 0 radical (unpaired) electrons. The minimum absolute atomic E-state index is 0.0492. The van der Waals surface area contributed by atoms with Gasteiger partial charge in [0.25, 0.3) is 5.69 Å². The Labute approximate surface area is 145 Å². The lowest BCUT2D eigenvalue weighted by Crippen LogP contribution is -2.23. The summed E-state index contributed by atoms with van der Waals surface area (Å²) < 4.78 is 0. The summed E-state index contributed by atoms with van der Waals surface area (Å²) in [6.07, 6.45) is 1.02. The summed E-state index contributed by atoms with van der Waals surface area (Å²) in [5.74, 6) is -0.0572. The van der Waals surface area contributed by atoms with E-state index in [1.807, 2.05) is 24.3 Å². The van der Waals surface area contributed by atoms with Gasteiger partial charge in [-0.25, -0.2) is 0 Å². The number of nitro groups is 1. The molecule has 0 aliphatic rings. The largest absolute Gasteiger partial charge is 0.392 e. The lowest BCUT2D eigenvalue weighted by atomic mass is 10.1. The van der Waals surface area contributed by atoms with Gasteiger partial charge in [0.15, 0.2) is 0 Å². The van der Waals surface area contributed by atoms with Crippen molar-refractivity contribution in [1.29, 1.82) is 0 Å². The molecule has 2 rings (SSSR count). The van der Waals surface area contributed by atoms with Gasteiger partial charge in [0, 0.05) is 37.3 Å². The number of rotatable bonds is 9. The summed E-state index contributed by atoms with van der Waals surface area (Å²) in [4.78, 5) is 22.0. The quantitative estimate of drug-likeness (QED) is 0.369. The smallest absolute Gasteiger partial charge is 0.269 e. The lowest BCUT2D eigenvalue weighted by molar-refractivity contribution is -0.384. The van der Waals surface area contributed by atoms with Crippen molar-refractivity contribution >= 4 is 17.3 Å². The van der Waals surface area contributed by atoms with Crippen molar-refractivity contribution < 1.29 is 14.8 Å². The van der Waals surface area contributed by atoms with Gasteiger partial charge < -0.3 is 15.7 Å². The molecule has 0 unspecified atom stereocenters. The number of nitrogens with one attached hydrogen (secondary N) is 2. The molecule has 0 saturated carbocycles. The number of carbonyl (C=O) groups is 1. The Hall–Kier alpha value is -2.93. The first kappa shape index (κ1) is 18.4. The van der Waals surface area contributed by atoms with E-state index in [0.717, 1.165) is 16.8 Å². The molecule has 2 aromatic rings. The standard InChI is InChI=1S/C18H21N3O4/c22-13-15-5-2-1-4-14(15)12-20-18(23)6-3-11-19-16-7-9-17(10-8-16)21(24)25/h1-2,4-5,7-10,19,22H,3,6,11-13H2,(H,20,23). The van der Waals surface area contributed by atoms with Gasteiger partial charge >= 0.3 is 0 Å². The highest BCUT2D eigenvalue weighted by Gasteiger charge is 2.05. The number of hydrogen-bond acceptors (Lipinski definition) is 5. The Balaban J connectivity index is 1.67. The fraction of sp³-hybridized carbons (Fsp3) is 0.278.